The number of imide groups is 1. The first kappa shape index (κ1) is 11.2. The third kappa shape index (κ3) is 1.85. The number of thioether (sulfide) groups is 1. The van der Waals surface area contributed by atoms with E-state index >= 15 is 0 Å². The van der Waals surface area contributed by atoms with E-state index in [1.807, 2.05) is 37.4 Å². The van der Waals surface area contributed by atoms with Gasteiger partial charge in [0.25, 0.3) is 0 Å². The quantitative estimate of drug-likeness (QED) is 0.736. The number of hydrogen-bond donors (Lipinski definition) is 0. The van der Waals surface area contributed by atoms with Gasteiger partial charge in [0.2, 0.25) is 11.8 Å². The minimum Gasteiger partial charge on any atom is -0.274 e. The number of carbonyl (C=O) groups excluding carboxylic acids is 2. The Balaban J connectivity index is 2.31. The van der Waals surface area contributed by atoms with Crippen molar-refractivity contribution in [2.75, 3.05) is 11.2 Å². The van der Waals surface area contributed by atoms with Crippen LogP contribution < -0.4 is 4.90 Å². The largest absolute Gasteiger partial charge is 0.274 e. The van der Waals surface area contributed by atoms with E-state index in [-0.39, 0.29) is 17.1 Å². The van der Waals surface area contributed by atoms with Crippen LogP contribution in [0.15, 0.2) is 24.3 Å². The minimum atomic E-state index is -0.214. The maximum atomic E-state index is 11.9. The monoisotopic (exact) mass is 235 g/mol. The van der Waals surface area contributed by atoms with Crippen molar-refractivity contribution in [1.82, 2.24) is 0 Å². The molecule has 1 aliphatic rings. The average molecular weight is 235 g/mol. The van der Waals surface area contributed by atoms with E-state index in [1.54, 1.807) is 0 Å². The van der Waals surface area contributed by atoms with Gasteiger partial charge in [0, 0.05) is 6.42 Å². The fourth-order valence-electron chi connectivity index (χ4n) is 1.75. The van der Waals surface area contributed by atoms with Gasteiger partial charge in [-0.15, -0.1) is 0 Å². The Labute approximate surface area is 98.8 Å². The highest BCUT2D eigenvalue weighted by atomic mass is 32.2. The molecule has 0 N–H and O–H groups in total. The van der Waals surface area contributed by atoms with Crippen molar-refractivity contribution in [2.45, 2.75) is 18.6 Å². The van der Waals surface area contributed by atoms with Gasteiger partial charge in [0.05, 0.1) is 10.9 Å². The van der Waals surface area contributed by atoms with Crippen molar-refractivity contribution in [3.8, 4) is 0 Å². The second-order valence-electron chi connectivity index (χ2n) is 3.83. The summed E-state index contributed by atoms with van der Waals surface area (Å²) in [5, 5.41) is -0.214. The summed E-state index contributed by atoms with van der Waals surface area (Å²) >= 11 is 1.43. The standard InChI is InChI=1S/C12H13NO2S/c1-8-3-5-9(6-4-8)13-11(14)7-10(16-2)12(13)15/h3-6,10H,7H2,1-2H3. The maximum Gasteiger partial charge on any atom is 0.247 e. The Morgan fingerprint density at radius 1 is 1.25 bits per heavy atom. The Morgan fingerprint density at radius 2 is 1.88 bits per heavy atom. The molecule has 0 aromatic heterocycles. The molecule has 1 aliphatic heterocycles. The highest BCUT2D eigenvalue weighted by molar-refractivity contribution is 8.00. The Bertz CT molecular complexity index is 427. The van der Waals surface area contributed by atoms with Crippen LogP contribution in [0.1, 0.15) is 12.0 Å². The van der Waals surface area contributed by atoms with E-state index in [0.717, 1.165) is 5.56 Å². The lowest BCUT2D eigenvalue weighted by atomic mass is 10.2. The number of aryl methyl sites for hydroxylation is 1. The third-order valence-corrected chi connectivity index (χ3v) is 3.62. The fraction of sp³-hybridized carbons (Fsp3) is 0.333. The molecule has 0 radical (unpaired) electrons. The van der Waals surface area contributed by atoms with Gasteiger partial charge in [-0.25, -0.2) is 4.90 Å². The van der Waals surface area contributed by atoms with Crippen molar-refractivity contribution in [1.29, 1.82) is 0 Å². The third-order valence-electron chi connectivity index (χ3n) is 2.68. The van der Waals surface area contributed by atoms with Crippen LogP contribution in [0, 0.1) is 6.92 Å². The summed E-state index contributed by atoms with van der Waals surface area (Å²) in [5.74, 6) is -0.199. The SMILES string of the molecule is CSC1CC(=O)N(c2ccc(C)cc2)C1=O. The lowest BCUT2D eigenvalue weighted by Gasteiger charge is -2.14. The number of hydrogen-bond acceptors (Lipinski definition) is 3. The lowest BCUT2D eigenvalue weighted by Crippen LogP contribution is -2.30. The number of amides is 2. The molecule has 0 aliphatic carbocycles. The van der Waals surface area contributed by atoms with E-state index in [9.17, 15) is 9.59 Å². The topological polar surface area (TPSA) is 37.4 Å². The molecule has 1 fully saturated rings. The van der Waals surface area contributed by atoms with E-state index in [1.165, 1.54) is 16.7 Å². The van der Waals surface area contributed by atoms with Gasteiger partial charge in [-0.05, 0) is 25.3 Å². The van der Waals surface area contributed by atoms with Crippen LogP contribution in [-0.2, 0) is 9.59 Å². The molecule has 1 aromatic carbocycles. The first-order chi connectivity index (χ1) is 7.63. The Morgan fingerprint density at radius 3 is 2.38 bits per heavy atom. The van der Waals surface area contributed by atoms with Gasteiger partial charge in [-0.1, -0.05) is 17.7 Å². The molecule has 3 nitrogen and oxygen atoms in total. The average Bonchev–Trinajstić information content (AvgIpc) is 2.56. The van der Waals surface area contributed by atoms with Crippen molar-refractivity contribution in [3.05, 3.63) is 29.8 Å². The summed E-state index contributed by atoms with van der Waals surface area (Å²) in [6.07, 6.45) is 2.17. The molecule has 1 aromatic rings. The predicted molar refractivity (Wildman–Crippen MR) is 65.6 cm³/mol. The highest BCUT2D eigenvalue weighted by Crippen LogP contribution is 2.28. The zero-order chi connectivity index (χ0) is 11.7. The predicted octanol–water partition coefficient (Wildman–Crippen LogP) is 1.99. The molecule has 1 atom stereocenters. The number of nitrogens with zero attached hydrogens (tertiary/aromatic N) is 1. The molecule has 0 spiro atoms. The molecule has 1 heterocycles. The number of anilines is 1. The van der Waals surface area contributed by atoms with Gasteiger partial charge in [0.1, 0.15) is 0 Å². The molecule has 0 bridgehead atoms. The summed E-state index contributed by atoms with van der Waals surface area (Å²) < 4.78 is 0. The first-order valence-electron chi connectivity index (χ1n) is 5.09. The fourth-order valence-corrected chi connectivity index (χ4v) is 2.37. The van der Waals surface area contributed by atoms with Crippen molar-refractivity contribution >= 4 is 29.3 Å². The minimum absolute atomic E-state index is 0.0960. The van der Waals surface area contributed by atoms with Crippen molar-refractivity contribution < 1.29 is 9.59 Å². The number of benzene rings is 1. The van der Waals surface area contributed by atoms with E-state index in [4.69, 9.17) is 0 Å². The molecular formula is C12H13NO2S. The van der Waals surface area contributed by atoms with Crippen LogP contribution in [0.4, 0.5) is 5.69 Å². The molecule has 0 saturated carbocycles. The van der Waals surface area contributed by atoms with Crippen molar-refractivity contribution in [2.24, 2.45) is 0 Å². The highest BCUT2D eigenvalue weighted by Gasteiger charge is 2.38. The van der Waals surface area contributed by atoms with E-state index in [2.05, 4.69) is 0 Å². The molecule has 2 rings (SSSR count). The van der Waals surface area contributed by atoms with Gasteiger partial charge in [0.15, 0.2) is 0 Å². The Kier molecular flexibility index (Phi) is 3.01. The smallest absolute Gasteiger partial charge is 0.247 e. The summed E-state index contributed by atoms with van der Waals surface area (Å²) in [4.78, 5) is 24.9. The van der Waals surface area contributed by atoms with E-state index in [0.29, 0.717) is 12.1 Å². The summed E-state index contributed by atoms with van der Waals surface area (Å²) in [7, 11) is 0. The molecule has 4 heteroatoms. The summed E-state index contributed by atoms with van der Waals surface area (Å²) in [6, 6.07) is 7.44. The molecular weight excluding hydrogens is 222 g/mol. The number of carbonyl (C=O) groups is 2. The van der Waals surface area contributed by atoms with E-state index < -0.39 is 0 Å². The van der Waals surface area contributed by atoms with Crippen LogP contribution in [0.2, 0.25) is 0 Å². The van der Waals surface area contributed by atoms with Crippen LogP contribution >= 0.6 is 11.8 Å². The zero-order valence-electron chi connectivity index (χ0n) is 9.27. The summed E-state index contributed by atoms with van der Waals surface area (Å²) in [6.45, 7) is 1.97. The van der Waals surface area contributed by atoms with Crippen LogP contribution in [-0.4, -0.2) is 23.3 Å². The normalized spacial score (nSPS) is 20.6. The first-order valence-corrected chi connectivity index (χ1v) is 6.38. The molecule has 84 valence electrons. The number of rotatable bonds is 2. The second-order valence-corrected chi connectivity index (χ2v) is 4.87. The van der Waals surface area contributed by atoms with Crippen molar-refractivity contribution in [3.63, 3.8) is 0 Å². The second kappa shape index (κ2) is 4.29. The Hall–Kier alpha value is -1.29. The van der Waals surface area contributed by atoms with Crippen LogP contribution in [0.25, 0.3) is 0 Å². The van der Waals surface area contributed by atoms with Crippen LogP contribution in [0.3, 0.4) is 0 Å². The summed E-state index contributed by atoms with van der Waals surface area (Å²) in [5.41, 5.74) is 1.79. The van der Waals surface area contributed by atoms with Gasteiger partial charge >= 0.3 is 0 Å². The molecule has 1 saturated heterocycles. The molecule has 2 amide bonds. The van der Waals surface area contributed by atoms with Gasteiger partial charge < -0.3 is 0 Å². The molecule has 1 unspecified atom stereocenters. The van der Waals surface area contributed by atoms with Crippen LogP contribution in [0.5, 0.6) is 0 Å². The maximum absolute atomic E-state index is 11.9. The lowest BCUT2D eigenvalue weighted by molar-refractivity contribution is -0.121. The van der Waals surface area contributed by atoms with Gasteiger partial charge in [-0.3, -0.25) is 9.59 Å². The molecule has 16 heavy (non-hydrogen) atoms. The zero-order valence-corrected chi connectivity index (χ0v) is 10.1. The van der Waals surface area contributed by atoms with Gasteiger partial charge in [-0.2, -0.15) is 11.8 Å².